The summed E-state index contributed by atoms with van der Waals surface area (Å²) in [6.07, 6.45) is -1.91. The Morgan fingerprint density at radius 1 is 1.27 bits per heavy atom. The van der Waals surface area contributed by atoms with Gasteiger partial charge >= 0.3 is 0 Å². The number of hydrogen-bond acceptors (Lipinski definition) is 5. The van der Waals surface area contributed by atoms with Gasteiger partial charge in [0.15, 0.2) is 11.6 Å². The van der Waals surface area contributed by atoms with Crippen molar-refractivity contribution in [3.63, 3.8) is 0 Å². The first kappa shape index (κ1) is 17.1. The highest BCUT2D eigenvalue weighted by atomic mass is 16.7. The van der Waals surface area contributed by atoms with Crippen LogP contribution in [0.4, 0.5) is 0 Å². The van der Waals surface area contributed by atoms with Gasteiger partial charge in [0.1, 0.15) is 12.2 Å². The van der Waals surface area contributed by atoms with Crippen molar-refractivity contribution < 1.29 is 24.1 Å². The highest BCUT2D eigenvalue weighted by Gasteiger charge is 2.38. The van der Waals surface area contributed by atoms with Gasteiger partial charge in [0.2, 0.25) is 0 Å². The van der Waals surface area contributed by atoms with Crippen LogP contribution in [0, 0.1) is 0 Å². The molecule has 2 rings (SSSR count). The third-order valence-corrected chi connectivity index (χ3v) is 3.51. The number of Topliss-reactive ketones (excluding diaryl/α,β-unsaturated/α-hetero) is 1. The first-order valence-electron chi connectivity index (χ1n) is 7.60. The van der Waals surface area contributed by atoms with E-state index in [4.69, 9.17) is 14.2 Å². The third-order valence-electron chi connectivity index (χ3n) is 3.51. The van der Waals surface area contributed by atoms with Crippen molar-refractivity contribution >= 4 is 5.78 Å². The van der Waals surface area contributed by atoms with Gasteiger partial charge in [-0.2, -0.15) is 0 Å². The lowest BCUT2D eigenvalue weighted by Crippen LogP contribution is -2.45. The average Bonchev–Trinajstić information content (AvgIpc) is 2.45. The standard InChI is InChI=1S/C17H24O5/c1-12(2)22-17(3)11-14(18)16(20-9-10-21-17)15(19)13-7-5-4-6-8-13/h4-8,12,15-16,19H,9-11H2,1-3H3. The highest BCUT2D eigenvalue weighted by molar-refractivity contribution is 5.84. The van der Waals surface area contributed by atoms with Gasteiger partial charge in [0.05, 0.1) is 25.7 Å². The Balaban J connectivity index is 2.14. The van der Waals surface area contributed by atoms with Crippen LogP contribution < -0.4 is 0 Å². The molecule has 22 heavy (non-hydrogen) atoms. The van der Waals surface area contributed by atoms with Gasteiger partial charge in [-0.3, -0.25) is 4.79 Å². The normalized spacial score (nSPS) is 28.2. The number of aliphatic hydroxyl groups is 1. The molecule has 0 aliphatic carbocycles. The van der Waals surface area contributed by atoms with E-state index in [-0.39, 0.29) is 24.9 Å². The van der Waals surface area contributed by atoms with E-state index >= 15 is 0 Å². The molecular formula is C17H24O5. The molecule has 0 amide bonds. The van der Waals surface area contributed by atoms with E-state index < -0.39 is 18.0 Å². The molecule has 122 valence electrons. The molecule has 1 saturated heterocycles. The third kappa shape index (κ3) is 4.36. The predicted molar refractivity (Wildman–Crippen MR) is 81.3 cm³/mol. The fourth-order valence-corrected chi connectivity index (χ4v) is 2.66. The number of ether oxygens (including phenoxy) is 3. The zero-order chi connectivity index (χ0) is 16.2. The molecule has 1 aliphatic heterocycles. The fourth-order valence-electron chi connectivity index (χ4n) is 2.66. The second-order valence-corrected chi connectivity index (χ2v) is 5.94. The molecule has 0 radical (unpaired) electrons. The zero-order valence-corrected chi connectivity index (χ0v) is 13.3. The van der Waals surface area contributed by atoms with E-state index in [0.717, 1.165) is 0 Å². The van der Waals surface area contributed by atoms with Gasteiger partial charge < -0.3 is 19.3 Å². The molecule has 1 aromatic rings. The summed E-state index contributed by atoms with van der Waals surface area (Å²) in [6.45, 7) is 6.09. The van der Waals surface area contributed by atoms with Crippen molar-refractivity contribution in [1.82, 2.24) is 0 Å². The Kier molecular flexibility index (Phi) is 5.69. The zero-order valence-electron chi connectivity index (χ0n) is 13.3. The van der Waals surface area contributed by atoms with Crippen LogP contribution >= 0.6 is 0 Å². The number of hydrogen-bond donors (Lipinski definition) is 1. The second kappa shape index (κ2) is 7.33. The lowest BCUT2D eigenvalue weighted by Gasteiger charge is -2.35. The lowest BCUT2D eigenvalue weighted by atomic mass is 9.97. The average molecular weight is 308 g/mol. The van der Waals surface area contributed by atoms with Gasteiger partial charge in [0.25, 0.3) is 0 Å². The van der Waals surface area contributed by atoms with Crippen molar-refractivity contribution in [3.05, 3.63) is 35.9 Å². The minimum atomic E-state index is -0.991. The predicted octanol–water partition coefficient (Wildman–Crippen LogP) is 2.24. The molecular weight excluding hydrogens is 284 g/mol. The van der Waals surface area contributed by atoms with Gasteiger partial charge in [-0.05, 0) is 26.3 Å². The molecule has 0 aromatic heterocycles. The molecule has 5 nitrogen and oxygen atoms in total. The minimum Gasteiger partial charge on any atom is -0.385 e. The maximum absolute atomic E-state index is 12.5. The van der Waals surface area contributed by atoms with E-state index in [2.05, 4.69) is 0 Å². The molecule has 1 aliphatic rings. The summed E-state index contributed by atoms with van der Waals surface area (Å²) < 4.78 is 16.9. The second-order valence-electron chi connectivity index (χ2n) is 5.94. The van der Waals surface area contributed by atoms with Gasteiger partial charge in [-0.25, -0.2) is 0 Å². The largest absolute Gasteiger partial charge is 0.385 e. The molecule has 1 fully saturated rings. The quantitative estimate of drug-likeness (QED) is 0.924. The monoisotopic (exact) mass is 308 g/mol. The van der Waals surface area contributed by atoms with E-state index in [9.17, 15) is 9.90 Å². The topological polar surface area (TPSA) is 65.0 Å². The molecule has 1 N–H and O–H groups in total. The summed E-state index contributed by atoms with van der Waals surface area (Å²) in [5.74, 6) is -1.21. The van der Waals surface area contributed by atoms with E-state index in [1.165, 1.54) is 0 Å². The number of rotatable bonds is 4. The van der Waals surface area contributed by atoms with Crippen molar-refractivity contribution in [3.8, 4) is 0 Å². The lowest BCUT2D eigenvalue weighted by molar-refractivity contribution is -0.257. The Hall–Kier alpha value is -1.27. The molecule has 5 heteroatoms. The van der Waals surface area contributed by atoms with E-state index in [1.807, 2.05) is 32.0 Å². The van der Waals surface area contributed by atoms with Crippen LogP contribution in [0.2, 0.25) is 0 Å². The van der Waals surface area contributed by atoms with Crippen LogP contribution in [0.5, 0.6) is 0 Å². The first-order valence-corrected chi connectivity index (χ1v) is 7.60. The Morgan fingerprint density at radius 2 is 1.95 bits per heavy atom. The van der Waals surface area contributed by atoms with Crippen LogP contribution in [0.1, 0.15) is 38.9 Å². The number of ketones is 1. The van der Waals surface area contributed by atoms with Crippen LogP contribution in [0.25, 0.3) is 0 Å². The summed E-state index contributed by atoms with van der Waals surface area (Å²) >= 11 is 0. The number of carbonyl (C=O) groups is 1. The van der Waals surface area contributed by atoms with E-state index in [0.29, 0.717) is 12.2 Å². The summed E-state index contributed by atoms with van der Waals surface area (Å²) in [5.41, 5.74) is 0.661. The summed E-state index contributed by atoms with van der Waals surface area (Å²) in [7, 11) is 0. The Bertz CT molecular complexity index is 487. The maximum Gasteiger partial charge on any atom is 0.172 e. The molecule has 3 unspecified atom stereocenters. The molecule has 1 aromatic carbocycles. The number of carbonyl (C=O) groups excluding carboxylic acids is 1. The van der Waals surface area contributed by atoms with Crippen molar-refractivity contribution in [2.75, 3.05) is 13.2 Å². The van der Waals surface area contributed by atoms with Gasteiger partial charge in [0, 0.05) is 0 Å². The van der Waals surface area contributed by atoms with Crippen LogP contribution in [0.3, 0.4) is 0 Å². The Labute approximate surface area is 131 Å². The Morgan fingerprint density at radius 3 is 2.59 bits per heavy atom. The van der Waals surface area contributed by atoms with E-state index in [1.54, 1.807) is 19.1 Å². The molecule has 3 atom stereocenters. The summed E-state index contributed by atoms with van der Waals surface area (Å²) in [4.78, 5) is 12.5. The highest BCUT2D eigenvalue weighted by Crippen LogP contribution is 2.28. The van der Waals surface area contributed by atoms with Crippen molar-refractivity contribution in [2.24, 2.45) is 0 Å². The number of aliphatic hydroxyl groups excluding tert-OH is 1. The molecule has 1 heterocycles. The van der Waals surface area contributed by atoms with Crippen molar-refractivity contribution in [2.45, 2.75) is 51.3 Å². The van der Waals surface area contributed by atoms with Crippen LogP contribution in [-0.2, 0) is 19.0 Å². The molecule has 0 bridgehead atoms. The smallest absolute Gasteiger partial charge is 0.172 e. The SMILES string of the molecule is CC(C)OC1(C)CC(=O)C(C(O)c2ccccc2)OCCO1. The van der Waals surface area contributed by atoms with Crippen molar-refractivity contribution in [1.29, 1.82) is 0 Å². The molecule has 0 spiro atoms. The summed E-state index contributed by atoms with van der Waals surface area (Å²) in [5, 5.41) is 10.5. The van der Waals surface area contributed by atoms with Gasteiger partial charge in [-0.15, -0.1) is 0 Å². The van der Waals surface area contributed by atoms with Crippen LogP contribution in [-0.4, -0.2) is 42.1 Å². The van der Waals surface area contributed by atoms with Crippen LogP contribution in [0.15, 0.2) is 30.3 Å². The minimum absolute atomic E-state index is 0.0414. The van der Waals surface area contributed by atoms with Gasteiger partial charge in [-0.1, -0.05) is 30.3 Å². The molecule has 0 saturated carbocycles. The first-order chi connectivity index (χ1) is 10.4. The fraction of sp³-hybridized carbons (Fsp3) is 0.588. The number of benzene rings is 1. The maximum atomic E-state index is 12.5. The summed E-state index contributed by atoms with van der Waals surface area (Å²) in [6, 6.07) is 9.06.